The van der Waals surface area contributed by atoms with Crippen molar-refractivity contribution in [3.8, 4) is 5.69 Å². The van der Waals surface area contributed by atoms with Crippen LogP contribution in [0.5, 0.6) is 0 Å². The van der Waals surface area contributed by atoms with Gasteiger partial charge in [-0.3, -0.25) is 0 Å². The molecule has 2 aromatic carbocycles. The first-order valence-electron chi connectivity index (χ1n) is 9.93. The Hall–Kier alpha value is -3.26. The first-order chi connectivity index (χ1) is 15.0. The zero-order valence-corrected chi connectivity index (χ0v) is 17.5. The molecule has 5 rings (SSSR count). The summed E-state index contributed by atoms with van der Waals surface area (Å²) in [4.78, 5) is 10.5. The van der Waals surface area contributed by atoms with Crippen LogP contribution in [0, 0.1) is 18.6 Å². The molecular formula is C22H19ClF2N6. The quantitative estimate of drug-likeness (QED) is 0.456. The zero-order chi connectivity index (χ0) is 21.5. The maximum atomic E-state index is 13.7. The standard InChI is InChI=1S/C22H19ClF2N6/c1-14-7-15(3-4-19(14)29-12-20(23)26-13-29)8-21-27-22-30(5-2-6-31(22)28-21)18-10-16(24)9-17(25)11-18/h3-4,7,9-13H,2,5-6,8H2,1H3. The maximum Gasteiger partial charge on any atom is 0.228 e. The summed E-state index contributed by atoms with van der Waals surface area (Å²) in [7, 11) is 0. The third kappa shape index (κ3) is 3.90. The van der Waals surface area contributed by atoms with Crippen molar-refractivity contribution in [3.63, 3.8) is 0 Å². The molecule has 0 N–H and O–H groups in total. The average molecular weight is 441 g/mol. The highest BCUT2D eigenvalue weighted by Gasteiger charge is 2.23. The lowest BCUT2D eigenvalue weighted by Crippen LogP contribution is -2.28. The molecule has 0 atom stereocenters. The van der Waals surface area contributed by atoms with Crippen LogP contribution >= 0.6 is 11.6 Å². The largest absolute Gasteiger partial charge is 0.310 e. The highest BCUT2D eigenvalue weighted by Crippen LogP contribution is 2.29. The van der Waals surface area contributed by atoms with Crippen LogP contribution in [0.3, 0.4) is 0 Å². The second kappa shape index (κ2) is 7.77. The normalized spacial score (nSPS) is 13.5. The Bertz CT molecular complexity index is 1240. The Morgan fingerprint density at radius 3 is 2.58 bits per heavy atom. The van der Waals surface area contributed by atoms with Crippen LogP contribution in [-0.2, 0) is 13.0 Å². The van der Waals surface area contributed by atoms with Crippen molar-refractivity contribution in [2.45, 2.75) is 26.3 Å². The van der Waals surface area contributed by atoms with Crippen LogP contribution in [0.15, 0.2) is 48.9 Å². The van der Waals surface area contributed by atoms with Gasteiger partial charge in [0.2, 0.25) is 5.95 Å². The van der Waals surface area contributed by atoms with Gasteiger partial charge < -0.3 is 9.47 Å². The molecule has 0 saturated carbocycles. The molecule has 0 fully saturated rings. The number of rotatable bonds is 4. The molecule has 0 amide bonds. The summed E-state index contributed by atoms with van der Waals surface area (Å²) >= 11 is 5.93. The van der Waals surface area contributed by atoms with E-state index in [1.807, 2.05) is 28.5 Å². The minimum Gasteiger partial charge on any atom is -0.310 e. The second-order valence-electron chi connectivity index (χ2n) is 7.59. The smallest absolute Gasteiger partial charge is 0.228 e. The minimum atomic E-state index is -0.610. The van der Waals surface area contributed by atoms with Crippen molar-refractivity contribution in [1.82, 2.24) is 24.3 Å². The van der Waals surface area contributed by atoms with Crippen LogP contribution in [0.25, 0.3) is 5.69 Å². The van der Waals surface area contributed by atoms with E-state index >= 15 is 0 Å². The van der Waals surface area contributed by atoms with Crippen LogP contribution in [-0.4, -0.2) is 30.9 Å². The lowest BCUT2D eigenvalue weighted by atomic mass is 10.1. The second-order valence-corrected chi connectivity index (χ2v) is 7.97. The first kappa shape index (κ1) is 19.7. The lowest BCUT2D eigenvalue weighted by molar-refractivity contribution is 0.533. The molecule has 4 aromatic rings. The first-order valence-corrected chi connectivity index (χ1v) is 10.3. The highest BCUT2D eigenvalue weighted by molar-refractivity contribution is 6.29. The number of hydrogen-bond donors (Lipinski definition) is 0. The van der Waals surface area contributed by atoms with Crippen molar-refractivity contribution in [2.75, 3.05) is 11.4 Å². The van der Waals surface area contributed by atoms with Crippen molar-refractivity contribution >= 4 is 23.2 Å². The van der Waals surface area contributed by atoms with Gasteiger partial charge in [0.25, 0.3) is 0 Å². The number of aromatic nitrogens is 5. The van der Waals surface area contributed by atoms with Gasteiger partial charge in [-0.1, -0.05) is 23.7 Å². The fourth-order valence-electron chi connectivity index (χ4n) is 3.95. The number of benzene rings is 2. The van der Waals surface area contributed by atoms with Crippen LogP contribution < -0.4 is 4.90 Å². The van der Waals surface area contributed by atoms with Gasteiger partial charge in [0.15, 0.2) is 5.82 Å². The minimum absolute atomic E-state index is 0.441. The van der Waals surface area contributed by atoms with Crippen molar-refractivity contribution in [1.29, 1.82) is 0 Å². The number of aryl methyl sites for hydroxylation is 2. The van der Waals surface area contributed by atoms with E-state index in [9.17, 15) is 8.78 Å². The summed E-state index contributed by atoms with van der Waals surface area (Å²) in [6, 6.07) is 9.63. The predicted molar refractivity (Wildman–Crippen MR) is 114 cm³/mol. The predicted octanol–water partition coefficient (Wildman–Crippen LogP) is 4.84. The molecule has 31 heavy (non-hydrogen) atoms. The molecule has 6 nitrogen and oxygen atoms in total. The van der Waals surface area contributed by atoms with E-state index in [4.69, 9.17) is 11.6 Å². The van der Waals surface area contributed by atoms with Gasteiger partial charge >= 0.3 is 0 Å². The molecule has 0 radical (unpaired) electrons. The number of fused-ring (bicyclic) bond motifs is 1. The summed E-state index contributed by atoms with van der Waals surface area (Å²) in [5.74, 6) is 0.0486. The van der Waals surface area contributed by atoms with Crippen molar-refractivity contribution in [3.05, 3.63) is 82.7 Å². The maximum absolute atomic E-state index is 13.7. The van der Waals surface area contributed by atoms with Gasteiger partial charge in [0, 0.05) is 43.1 Å². The Morgan fingerprint density at radius 1 is 1.06 bits per heavy atom. The number of hydrogen-bond acceptors (Lipinski definition) is 4. The fraction of sp³-hybridized carbons (Fsp3) is 0.227. The van der Waals surface area contributed by atoms with E-state index in [2.05, 4.69) is 21.1 Å². The Kier molecular flexibility index (Phi) is 4.94. The molecule has 1 aliphatic rings. The van der Waals surface area contributed by atoms with E-state index in [1.54, 1.807) is 17.2 Å². The summed E-state index contributed by atoms with van der Waals surface area (Å²) < 4.78 is 31.1. The van der Waals surface area contributed by atoms with E-state index in [0.717, 1.165) is 35.8 Å². The van der Waals surface area contributed by atoms with Gasteiger partial charge in [-0.2, -0.15) is 10.1 Å². The van der Waals surface area contributed by atoms with E-state index in [-0.39, 0.29) is 0 Å². The van der Waals surface area contributed by atoms with Crippen LogP contribution in [0.2, 0.25) is 5.15 Å². The van der Waals surface area contributed by atoms with E-state index < -0.39 is 11.6 Å². The van der Waals surface area contributed by atoms with Gasteiger partial charge in [-0.25, -0.2) is 18.4 Å². The number of nitrogens with zero attached hydrogens (tertiary/aromatic N) is 6. The van der Waals surface area contributed by atoms with Gasteiger partial charge in [-0.15, -0.1) is 0 Å². The zero-order valence-electron chi connectivity index (χ0n) is 16.8. The van der Waals surface area contributed by atoms with Gasteiger partial charge in [0.1, 0.15) is 23.1 Å². The molecule has 9 heteroatoms. The van der Waals surface area contributed by atoms with Crippen molar-refractivity contribution < 1.29 is 8.78 Å². The fourth-order valence-corrected chi connectivity index (χ4v) is 4.10. The monoisotopic (exact) mass is 440 g/mol. The number of imidazole rings is 1. The molecule has 0 spiro atoms. The summed E-state index contributed by atoms with van der Waals surface area (Å²) in [5.41, 5.74) is 3.59. The molecule has 1 aliphatic heterocycles. The topological polar surface area (TPSA) is 51.8 Å². The molecule has 0 saturated heterocycles. The average Bonchev–Trinajstić information content (AvgIpc) is 3.32. The van der Waals surface area contributed by atoms with Crippen molar-refractivity contribution in [2.24, 2.45) is 0 Å². The van der Waals surface area contributed by atoms with Gasteiger partial charge in [-0.05, 0) is 42.7 Å². The number of anilines is 2. The molecular weight excluding hydrogens is 422 g/mol. The molecule has 2 aromatic heterocycles. The van der Waals surface area contributed by atoms with E-state index in [1.165, 1.54) is 12.1 Å². The SMILES string of the molecule is Cc1cc(Cc2nc3n(n2)CCCN3c2cc(F)cc(F)c2)ccc1-n1cnc(Cl)c1. The number of halogens is 3. The molecule has 0 unspecified atom stereocenters. The van der Waals surface area contributed by atoms with Gasteiger partial charge in [0.05, 0.1) is 0 Å². The lowest BCUT2D eigenvalue weighted by Gasteiger charge is -2.27. The highest BCUT2D eigenvalue weighted by atomic mass is 35.5. The van der Waals surface area contributed by atoms with E-state index in [0.29, 0.717) is 35.6 Å². The molecule has 0 aliphatic carbocycles. The summed E-state index contributed by atoms with van der Waals surface area (Å²) in [6.07, 6.45) is 4.81. The third-order valence-electron chi connectivity index (χ3n) is 5.30. The Morgan fingerprint density at radius 2 is 1.87 bits per heavy atom. The Balaban J connectivity index is 1.42. The molecule has 158 valence electrons. The molecule has 3 heterocycles. The molecule has 0 bridgehead atoms. The third-order valence-corrected chi connectivity index (χ3v) is 5.50. The van der Waals surface area contributed by atoms with Crippen LogP contribution in [0.1, 0.15) is 23.4 Å². The summed E-state index contributed by atoms with van der Waals surface area (Å²) in [5, 5.41) is 5.07. The Labute approximate surface area is 182 Å². The van der Waals surface area contributed by atoms with Crippen LogP contribution in [0.4, 0.5) is 20.4 Å². The summed E-state index contributed by atoms with van der Waals surface area (Å²) in [6.45, 7) is 3.37.